The fourth-order valence-electron chi connectivity index (χ4n) is 3.30. The molecule has 4 rings (SSSR count). The topological polar surface area (TPSA) is 113 Å². The molecule has 216 valence electrons. The van der Waals surface area contributed by atoms with Gasteiger partial charge >= 0.3 is 0 Å². The highest BCUT2D eigenvalue weighted by molar-refractivity contribution is 8.08. The number of aromatic nitrogens is 2. The van der Waals surface area contributed by atoms with Crippen molar-refractivity contribution in [2.24, 2.45) is 4.99 Å². The highest BCUT2D eigenvalue weighted by Crippen LogP contribution is 2.36. The van der Waals surface area contributed by atoms with Crippen molar-refractivity contribution in [1.29, 1.82) is 5.26 Å². The number of benzene rings is 3. The van der Waals surface area contributed by atoms with E-state index in [0.29, 0.717) is 28.3 Å². The van der Waals surface area contributed by atoms with Gasteiger partial charge in [0.25, 0.3) is 5.89 Å². The largest absolute Gasteiger partial charge is 0.453 e. The molecule has 0 amide bonds. The number of carbonyl (C=O) groups excluding carboxylic acids is 1. The Morgan fingerprint density at radius 1 is 1.21 bits per heavy atom. The van der Waals surface area contributed by atoms with E-state index in [2.05, 4.69) is 27.2 Å². The molecule has 0 saturated heterocycles. The van der Waals surface area contributed by atoms with E-state index in [1.54, 1.807) is 13.0 Å². The van der Waals surface area contributed by atoms with Gasteiger partial charge in [0.2, 0.25) is 5.89 Å². The molecule has 0 spiro atoms. The van der Waals surface area contributed by atoms with Crippen molar-refractivity contribution in [3.05, 3.63) is 110 Å². The summed E-state index contributed by atoms with van der Waals surface area (Å²) in [6, 6.07) is 14.9. The Morgan fingerprint density at radius 2 is 2.00 bits per heavy atom. The van der Waals surface area contributed by atoms with Gasteiger partial charge in [-0.25, -0.2) is 8.78 Å². The molecule has 0 saturated carbocycles. The van der Waals surface area contributed by atoms with Crippen LogP contribution in [0.4, 0.5) is 8.78 Å². The number of nitrogens with one attached hydrogen (secondary N) is 1. The van der Waals surface area contributed by atoms with Crippen LogP contribution in [-0.4, -0.2) is 36.1 Å². The standard InChI is InChI=1S/C22H18Cl2FN5O2S.C7H5FO/c1-12(28-3)21(33-11-27-2)22-30-29-18(32-22)8-14-4-5-17(24)20(19(14)25)31-16-7-13(10-26)6-15(23)9-16;8-7-3-1-2-6(4-7)5-9/h4-7,9,27H,3,8,11H2,1-2H3;1-5H/b21-12-;. The normalized spacial score (nSPS) is 11.1. The number of halogens is 4. The summed E-state index contributed by atoms with van der Waals surface area (Å²) < 4.78 is 38.8. The lowest BCUT2D eigenvalue weighted by molar-refractivity contribution is 0.112. The summed E-state index contributed by atoms with van der Waals surface area (Å²) in [6.45, 7) is 5.32. The molecule has 1 N–H and O–H groups in total. The van der Waals surface area contributed by atoms with Crippen molar-refractivity contribution < 1.29 is 22.7 Å². The average molecular weight is 631 g/mol. The molecule has 0 aliphatic carbocycles. The maximum atomic E-state index is 15.3. The fourth-order valence-corrected chi connectivity index (χ4v) is 4.48. The fraction of sp³-hybridized carbons (Fsp3) is 0.138. The number of allylic oxidation sites excluding steroid dienone is 1. The Balaban J connectivity index is 0.000000458. The van der Waals surface area contributed by atoms with Crippen molar-refractivity contribution in [3.63, 3.8) is 0 Å². The minimum atomic E-state index is -0.690. The third-order valence-electron chi connectivity index (χ3n) is 5.26. The minimum Gasteiger partial charge on any atom is -0.453 e. The van der Waals surface area contributed by atoms with Gasteiger partial charge in [-0.3, -0.25) is 9.79 Å². The molecular weight excluding hydrogens is 607 g/mol. The van der Waals surface area contributed by atoms with E-state index in [1.165, 1.54) is 60.3 Å². The quantitative estimate of drug-likeness (QED) is 0.108. The maximum Gasteiger partial charge on any atom is 0.255 e. The van der Waals surface area contributed by atoms with E-state index >= 15 is 4.39 Å². The number of hydrogen-bond acceptors (Lipinski definition) is 9. The van der Waals surface area contributed by atoms with Crippen LogP contribution in [0.3, 0.4) is 0 Å². The number of aldehydes is 1. The van der Waals surface area contributed by atoms with E-state index in [9.17, 15) is 9.18 Å². The summed E-state index contributed by atoms with van der Waals surface area (Å²) in [7, 11) is 1.81. The molecule has 42 heavy (non-hydrogen) atoms. The summed E-state index contributed by atoms with van der Waals surface area (Å²) in [5.74, 6) is -0.0129. The van der Waals surface area contributed by atoms with Gasteiger partial charge in [0.15, 0.2) is 11.6 Å². The molecule has 4 aromatic rings. The number of carbonyl (C=O) groups is 1. The van der Waals surface area contributed by atoms with Crippen LogP contribution in [-0.2, 0) is 6.42 Å². The molecule has 13 heteroatoms. The lowest BCUT2D eigenvalue weighted by Crippen LogP contribution is -2.04. The van der Waals surface area contributed by atoms with Crippen LogP contribution in [0.5, 0.6) is 11.5 Å². The van der Waals surface area contributed by atoms with Gasteiger partial charge in [0.05, 0.1) is 33.7 Å². The Morgan fingerprint density at radius 3 is 2.64 bits per heavy atom. The Labute approximate surface area is 255 Å². The maximum absolute atomic E-state index is 15.3. The number of thioether (sulfide) groups is 1. The van der Waals surface area contributed by atoms with Crippen molar-refractivity contribution in [1.82, 2.24) is 15.5 Å². The monoisotopic (exact) mass is 629 g/mol. The van der Waals surface area contributed by atoms with Crippen LogP contribution < -0.4 is 10.1 Å². The molecule has 0 aliphatic rings. The first-order chi connectivity index (χ1) is 20.2. The third-order valence-corrected chi connectivity index (χ3v) is 6.97. The van der Waals surface area contributed by atoms with Crippen LogP contribution in [0.1, 0.15) is 40.2 Å². The SMILES string of the molecule is C=N/C(C)=C(\SCNC)c1nnc(Cc2ccc(Cl)c(Oc3cc(Cl)cc(C#N)c3)c2F)o1.O=Cc1cccc(F)c1. The molecule has 0 atom stereocenters. The van der Waals surface area contributed by atoms with Gasteiger partial charge in [-0.15, -0.1) is 22.0 Å². The van der Waals surface area contributed by atoms with E-state index < -0.39 is 5.82 Å². The van der Waals surface area contributed by atoms with E-state index in [4.69, 9.17) is 37.6 Å². The van der Waals surface area contributed by atoms with Crippen LogP contribution in [0, 0.1) is 23.0 Å². The second-order valence-corrected chi connectivity index (χ2v) is 10.1. The zero-order valence-corrected chi connectivity index (χ0v) is 24.7. The summed E-state index contributed by atoms with van der Waals surface area (Å²) in [5, 5.41) is 20.5. The summed E-state index contributed by atoms with van der Waals surface area (Å²) in [5.41, 5.74) is 1.51. The van der Waals surface area contributed by atoms with Crippen LogP contribution in [0.15, 0.2) is 69.7 Å². The second-order valence-electron chi connectivity index (χ2n) is 8.30. The number of hydrogen-bond donors (Lipinski definition) is 1. The zero-order chi connectivity index (χ0) is 30.6. The molecule has 0 aliphatic heterocycles. The first kappa shape index (κ1) is 32.4. The Kier molecular flexibility index (Phi) is 12.2. The third kappa shape index (κ3) is 8.96. The van der Waals surface area contributed by atoms with Gasteiger partial charge in [0.1, 0.15) is 17.9 Å². The van der Waals surface area contributed by atoms with E-state index in [0.717, 1.165) is 0 Å². The predicted molar refractivity (Wildman–Crippen MR) is 160 cm³/mol. The van der Waals surface area contributed by atoms with Gasteiger partial charge in [0, 0.05) is 22.0 Å². The molecule has 0 radical (unpaired) electrons. The lowest BCUT2D eigenvalue weighted by atomic mass is 10.1. The molecule has 0 bridgehead atoms. The second kappa shape index (κ2) is 15.8. The molecule has 1 heterocycles. The molecule has 0 unspecified atom stereocenters. The lowest BCUT2D eigenvalue weighted by Gasteiger charge is -2.12. The predicted octanol–water partition coefficient (Wildman–Crippen LogP) is 7.71. The van der Waals surface area contributed by atoms with E-state index in [-0.39, 0.29) is 56.7 Å². The highest BCUT2D eigenvalue weighted by Gasteiger charge is 2.20. The Hall–Kier alpha value is -4.08. The zero-order valence-electron chi connectivity index (χ0n) is 22.3. The number of nitrogens with zero attached hydrogens (tertiary/aromatic N) is 4. The van der Waals surface area contributed by atoms with Crippen LogP contribution in [0.2, 0.25) is 10.0 Å². The Bertz CT molecular complexity index is 1660. The van der Waals surface area contributed by atoms with Crippen molar-refractivity contribution in [2.45, 2.75) is 13.3 Å². The van der Waals surface area contributed by atoms with Gasteiger partial charge in [-0.2, -0.15) is 5.26 Å². The summed E-state index contributed by atoms with van der Waals surface area (Å²) >= 11 is 13.6. The molecule has 8 nitrogen and oxygen atoms in total. The summed E-state index contributed by atoms with van der Waals surface area (Å²) in [4.78, 5) is 14.6. The number of rotatable bonds is 10. The van der Waals surface area contributed by atoms with Crippen molar-refractivity contribution in [2.75, 3.05) is 12.9 Å². The van der Waals surface area contributed by atoms with Crippen molar-refractivity contribution in [3.8, 4) is 17.6 Å². The van der Waals surface area contributed by atoms with Gasteiger partial charge in [-0.1, -0.05) is 41.4 Å². The first-order valence-corrected chi connectivity index (χ1v) is 13.8. The molecular formula is C29H23Cl2F2N5O3S. The van der Waals surface area contributed by atoms with Crippen molar-refractivity contribution >= 4 is 52.9 Å². The first-order valence-electron chi connectivity index (χ1n) is 12.0. The number of ether oxygens (including phenoxy) is 1. The number of aliphatic imine (C=N–C) groups is 1. The smallest absolute Gasteiger partial charge is 0.255 e. The molecule has 3 aromatic carbocycles. The molecule has 0 fully saturated rings. The van der Waals surface area contributed by atoms with Crippen LogP contribution >= 0.6 is 35.0 Å². The number of nitriles is 1. The average Bonchev–Trinajstić information content (AvgIpc) is 3.44. The van der Waals surface area contributed by atoms with E-state index in [1.807, 2.05) is 13.1 Å². The highest BCUT2D eigenvalue weighted by atomic mass is 35.5. The van der Waals surface area contributed by atoms with Crippen LogP contribution in [0.25, 0.3) is 4.91 Å². The van der Waals surface area contributed by atoms with Gasteiger partial charge < -0.3 is 14.5 Å². The van der Waals surface area contributed by atoms with Gasteiger partial charge in [-0.05, 0) is 57.1 Å². The summed E-state index contributed by atoms with van der Waals surface area (Å²) in [6.07, 6.45) is 0.624. The minimum absolute atomic E-state index is 0.00982. The molecule has 1 aromatic heterocycles.